The van der Waals surface area contributed by atoms with Crippen LogP contribution in [0.2, 0.25) is 5.02 Å². The van der Waals surface area contributed by atoms with Gasteiger partial charge in [-0.1, -0.05) is 18.5 Å². The number of halogens is 1. The van der Waals surface area contributed by atoms with Crippen molar-refractivity contribution in [1.29, 1.82) is 0 Å². The second kappa shape index (κ2) is 8.38. The summed E-state index contributed by atoms with van der Waals surface area (Å²) in [6.07, 6.45) is 1.64. The Labute approximate surface area is 158 Å². The van der Waals surface area contributed by atoms with Crippen molar-refractivity contribution in [2.24, 2.45) is 0 Å². The summed E-state index contributed by atoms with van der Waals surface area (Å²) in [5.74, 6) is 1.25. The lowest BCUT2D eigenvalue weighted by Crippen LogP contribution is -2.48. The fraction of sp³-hybridized carbons (Fsp3) is 0.368. The smallest absolute Gasteiger partial charge is 0.254 e. The van der Waals surface area contributed by atoms with Crippen LogP contribution in [0, 0.1) is 0 Å². The van der Waals surface area contributed by atoms with Crippen molar-refractivity contribution >= 4 is 29.0 Å². The molecule has 1 saturated heterocycles. The zero-order chi connectivity index (χ0) is 18.5. The van der Waals surface area contributed by atoms with Crippen LogP contribution in [-0.2, 0) is 0 Å². The van der Waals surface area contributed by atoms with Crippen LogP contribution in [0.1, 0.15) is 17.3 Å². The first-order valence-corrected chi connectivity index (χ1v) is 9.06. The van der Waals surface area contributed by atoms with E-state index in [0.29, 0.717) is 22.2 Å². The number of amides is 1. The summed E-state index contributed by atoms with van der Waals surface area (Å²) in [5, 5.41) is 3.69. The van der Waals surface area contributed by atoms with Gasteiger partial charge in [0.05, 0.1) is 12.1 Å². The molecule has 0 aliphatic carbocycles. The zero-order valence-corrected chi connectivity index (χ0v) is 15.8. The van der Waals surface area contributed by atoms with Gasteiger partial charge in [-0.05, 0) is 36.9 Å². The van der Waals surface area contributed by atoms with Crippen molar-refractivity contribution in [2.45, 2.75) is 6.92 Å². The topological polar surface area (TPSA) is 57.7 Å². The lowest BCUT2D eigenvalue weighted by atomic mass is 10.2. The van der Waals surface area contributed by atoms with Gasteiger partial charge in [0, 0.05) is 43.6 Å². The molecular formula is C19H23ClN4O2. The van der Waals surface area contributed by atoms with Gasteiger partial charge < -0.3 is 19.9 Å². The minimum Gasteiger partial charge on any atom is -0.495 e. The number of hydrogen-bond donors (Lipinski definition) is 1. The third-order valence-corrected chi connectivity index (χ3v) is 4.83. The lowest BCUT2D eigenvalue weighted by molar-refractivity contribution is 0.0643. The number of rotatable bonds is 5. The number of carbonyl (C=O) groups excluding carboxylic acids is 1. The van der Waals surface area contributed by atoms with Crippen LogP contribution in [0.4, 0.5) is 11.5 Å². The molecule has 1 aromatic heterocycles. The fourth-order valence-electron chi connectivity index (χ4n) is 2.97. The van der Waals surface area contributed by atoms with Gasteiger partial charge in [-0.25, -0.2) is 4.98 Å². The summed E-state index contributed by atoms with van der Waals surface area (Å²) >= 11 is 6.15. The third kappa shape index (κ3) is 4.26. The Bertz CT molecular complexity index is 776. The number of hydrogen-bond acceptors (Lipinski definition) is 5. The van der Waals surface area contributed by atoms with E-state index >= 15 is 0 Å². The number of nitrogens with zero attached hydrogens (tertiary/aromatic N) is 3. The second-order valence-corrected chi connectivity index (χ2v) is 6.54. The quantitative estimate of drug-likeness (QED) is 0.870. The highest BCUT2D eigenvalue weighted by Gasteiger charge is 2.21. The Morgan fingerprint density at radius 2 is 2.00 bits per heavy atom. The van der Waals surface area contributed by atoms with Gasteiger partial charge in [0.2, 0.25) is 0 Å². The Balaban J connectivity index is 1.70. The molecule has 26 heavy (non-hydrogen) atoms. The number of nitrogens with one attached hydrogen (secondary N) is 1. The molecule has 1 fully saturated rings. The molecule has 138 valence electrons. The first-order valence-electron chi connectivity index (χ1n) is 8.69. The molecule has 1 aromatic carbocycles. The molecule has 1 N–H and O–H groups in total. The number of ether oxygens (including phenoxy) is 1. The van der Waals surface area contributed by atoms with E-state index < -0.39 is 0 Å². The highest BCUT2D eigenvalue weighted by atomic mass is 35.5. The normalized spacial score (nSPS) is 15.0. The number of carbonyl (C=O) groups is 1. The molecule has 1 aliphatic rings. The molecule has 0 atom stereocenters. The van der Waals surface area contributed by atoms with Gasteiger partial charge >= 0.3 is 0 Å². The molecule has 1 aliphatic heterocycles. The minimum atomic E-state index is 0.0407. The standard InChI is InChI=1S/C19H23ClN4O2/c1-3-23-8-10-24(11-9-23)19(25)14-6-7-21-18(12-14)22-15-4-5-17(26-2)16(20)13-15/h4-7,12-13H,3,8-11H2,1-2H3,(H,21,22). The Morgan fingerprint density at radius 1 is 1.23 bits per heavy atom. The van der Waals surface area contributed by atoms with E-state index in [1.165, 1.54) is 0 Å². The van der Waals surface area contributed by atoms with Crippen molar-refractivity contribution in [3.05, 3.63) is 47.1 Å². The van der Waals surface area contributed by atoms with E-state index in [1.807, 2.05) is 11.0 Å². The number of anilines is 2. The molecule has 7 heteroatoms. The van der Waals surface area contributed by atoms with Crippen LogP contribution >= 0.6 is 11.6 Å². The van der Waals surface area contributed by atoms with Crippen LogP contribution in [0.25, 0.3) is 0 Å². The minimum absolute atomic E-state index is 0.0407. The van der Waals surface area contributed by atoms with Gasteiger partial charge in [-0.3, -0.25) is 4.79 Å². The summed E-state index contributed by atoms with van der Waals surface area (Å²) in [5.41, 5.74) is 1.41. The van der Waals surface area contributed by atoms with Crippen molar-refractivity contribution in [3.8, 4) is 5.75 Å². The molecule has 1 amide bonds. The number of pyridine rings is 1. The Kier molecular flexibility index (Phi) is 5.96. The third-order valence-electron chi connectivity index (χ3n) is 4.54. The summed E-state index contributed by atoms with van der Waals surface area (Å²) < 4.78 is 5.15. The van der Waals surface area contributed by atoms with E-state index in [2.05, 4.69) is 22.1 Å². The molecule has 3 rings (SSSR count). The van der Waals surface area contributed by atoms with Crippen LogP contribution in [0.3, 0.4) is 0 Å². The van der Waals surface area contributed by atoms with Gasteiger partial charge in [0.25, 0.3) is 5.91 Å². The second-order valence-electron chi connectivity index (χ2n) is 6.13. The number of piperazine rings is 1. The number of methoxy groups -OCH3 is 1. The molecule has 0 spiro atoms. The first-order chi connectivity index (χ1) is 12.6. The SMILES string of the molecule is CCN1CCN(C(=O)c2ccnc(Nc3ccc(OC)c(Cl)c3)c2)CC1. The summed E-state index contributed by atoms with van der Waals surface area (Å²) in [4.78, 5) is 21.3. The average Bonchev–Trinajstić information content (AvgIpc) is 2.68. The van der Waals surface area contributed by atoms with E-state index in [0.717, 1.165) is 38.4 Å². The van der Waals surface area contributed by atoms with Gasteiger partial charge in [-0.15, -0.1) is 0 Å². The summed E-state index contributed by atoms with van der Waals surface area (Å²) in [7, 11) is 1.57. The van der Waals surface area contributed by atoms with Crippen molar-refractivity contribution < 1.29 is 9.53 Å². The monoisotopic (exact) mass is 374 g/mol. The maximum absolute atomic E-state index is 12.8. The van der Waals surface area contributed by atoms with Crippen LogP contribution in [-0.4, -0.2) is 60.5 Å². The maximum Gasteiger partial charge on any atom is 0.254 e. The predicted molar refractivity (Wildman–Crippen MR) is 104 cm³/mol. The van der Waals surface area contributed by atoms with Gasteiger partial charge in [0.15, 0.2) is 0 Å². The highest BCUT2D eigenvalue weighted by Crippen LogP contribution is 2.28. The van der Waals surface area contributed by atoms with Crippen molar-refractivity contribution in [3.63, 3.8) is 0 Å². The largest absolute Gasteiger partial charge is 0.495 e. The number of aromatic nitrogens is 1. The van der Waals surface area contributed by atoms with E-state index in [4.69, 9.17) is 16.3 Å². The van der Waals surface area contributed by atoms with Crippen LogP contribution in [0.5, 0.6) is 5.75 Å². The van der Waals surface area contributed by atoms with Gasteiger partial charge in [-0.2, -0.15) is 0 Å². The Morgan fingerprint density at radius 3 is 2.65 bits per heavy atom. The first kappa shape index (κ1) is 18.5. The molecule has 6 nitrogen and oxygen atoms in total. The molecule has 0 bridgehead atoms. The highest BCUT2D eigenvalue weighted by molar-refractivity contribution is 6.32. The zero-order valence-electron chi connectivity index (χ0n) is 15.0. The number of benzene rings is 1. The molecule has 2 aromatic rings. The molecule has 0 radical (unpaired) electrons. The number of likely N-dealkylation sites (N-methyl/N-ethyl adjacent to an activating group) is 1. The maximum atomic E-state index is 12.8. The van der Waals surface area contributed by atoms with E-state index in [9.17, 15) is 4.79 Å². The molecule has 0 unspecified atom stereocenters. The lowest BCUT2D eigenvalue weighted by Gasteiger charge is -2.34. The fourth-order valence-corrected chi connectivity index (χ4v) is 3.23. The summed E-state index contributed by atoms with van der Waals surface area (Å²) in [6, 6.07) is 8.92. The van der Waals surface area contributed by atoms with E-state index in [-0.39, 0.29) is 5.91 Å². The molecule has 2 heterocycles. The summed E-state index contributed by atoms with van der Waals surface area (Å²) in [6.45, 7) is 6.52. The predicted octanol–water partition coefficient (Wildman–Crippen LogP) is 3.26. The molecular weight excluding hydrogens is 352 g/mol. The molecule has 0 saturated carbocycles. The van der Waals surface area contributed by atoms with Gasteiger partial charge in [0.1, 0.15) is 11.6 Å². The van der Waals surface area contributed by atoms with E-state index in [1.54, 1.807) is 37.6 Å². The van der Waals surface area contributed by atoms with Crippen molar-refractivity contribution in [2.75, 3.05) is 45.2 Å². The van der Waals surface area contributed by atoms with Crippen LogP contribution < -0.4 is 10.1 Å². The van der Waals surface area contributed by atoms with Crippen LogP contribution in [0.15, 0.2) is 36.5 Å². The van der Waals surface area contributed by atoms with Crippen molar-refractivity contribution in [1.82, 2.24) is 14.8 Å². The average molecular weight is 375 g/mol. The Hall–Kier alpha value is -2.31.